The van der Waals surface area contributed by atoms with Gasteiger partial charge in [0.15, 0.2) is 0 Å². The summed E-state index contributed by atoms with van der Waals surface area (Å²) in [6.45, 7) is 3.99. The molecule has 80 valence electrons. The van der Waals surface area contributed by atoms with Crippen LogP contribution in [-0.4, -0.2) is 39.8 Å². The van der Waals surface area contributed by atoms with E-state index in [1.54, 1.807) is 6.92 Å². The number of rotatable bonds is 2. The highest BCUT2D eigenvalue weighted by atomic mass is 32.2. The zero-order valence-corrected chi connectivity index (χ0v) is 8.62. The Morgan fingerprint density at radius 1 is 1.69 bits per heavy atom. The van der Waals surface area contributed by atoms with Crippen LogP contribution in [0.1, 0.15) is 20.3 Å². The van der Waals surface area contributed by atoms with E-state index in [0.29, 0.717) is 13.0 Å². The first-order chi connectivity index (χ1) is 6.06. The molecule has 1 aliphatic heterocycles. The molecule has 13 heavy (non-hydrogen) atoms. The number of aliphatic hydroxyl groups is 2. The molecule has 0 saturated carbocycles. The fourth-order valence-electron chi connectivity index (χ4n) is 0.528. The van der Waals surface area contributed by atoms with Crippen LogP contribution in [0, 0.1) is 0 Å². The predicted molar refractivity (Wildman–Crippen MR) is 48.0 cm³/mol. The smallest absolute Gasteiger partial charge is 0.305 e. The van der Waals surface area contributed by atoms with Crippen LogP contribution in [0.5, 0.6) is 0 Å². The summed E-state index contributed by atoms with van der Waals surface area (Å²) in [6.07, 6.45) is 0.135. The lowest BCUT2D eigenvalue weighted by Crippen LogP contribution is -2.00. The van der Waals surface area contributed by atoms with Gasteiger partial charge in [0.1, 0.15) is 0 Å². The van der Waals surface area contributed by atoms with Gasteiger partial charge >= 0.3 is 11.4 Å². The average Bonchev–Trinajstić information content (AvgIpc) is 2.35. The Kier molecular flexibility index (Phi) is 7.39. The van der Waals surface area contributed by atoms with Gasteiger partial charge in [0.05, 0.1) is 18.8 Å². The molecule has 1 aliphatic rings. The molecule has 3 atom stereocenters. The van der Waals surface area contributed by atoms with Gasteiger partial charge in [-0.05, 0) is 20.3 Å². The maximum absolute atomic E-state index is 10.1. The van der Waals surface area contributed by atoms with Crippen molar-refractivity contribution in [2.24, 2.45) is 0 Å². The van der Waals surface area contributed by atoms with Crippen LogP contribution in [0.15, 0.2) is 0 Å². The first-order valence-electron chi connectivity index (χ1n) is 4.07. The summed E-state index contributed by atoms with van der Waals surface area (Å²) in [5.74, 6) is 0. The molecule has 0 amide bonds. The highest BCUT2D eigenvalue weighted by molar-refractivity contribution is 7.75. The lowest BCUT2D eigenvalue weighted by molar-refractivity contribution is 0.148. The van der Waals surface area contributed by atoms with Crippen molar-refractivity contribution in [3.05, 3.63) is 0 Å². The highest BCUT2D eigenvalue weighted by Crippen LogP contribution is 2.05. The van der Waals surface area contributed by atoms with E-state index < -0.39 is 11.4 Å². The van der Waals surface area contributed by atoms with E-state index in [4.69, 9.17) is 10.2 Å². The van der Waals surface area contributed by atoms with E-state index in [-0.39, 0.29) is 18.8 Å². The molecule has 5 nitrogen and oxygen atoms in total. The van der Waals surface area contributed by atoms with Crippen LogP contribution in [0.2, 0.25) is 0 Å². The lowest BCUT2D eigenvalue weighted by Gasteiger charge is -1.95. The Balaban J connectivity index is 0.000000226. The Labute approximate surface area is 80.5 Å². The monoisotopic (exact) mass is 212 g/mol. The molecule has 0 aliphatic carbocycles. The lowest BCUT2D eigenvalue weighted by atomic mass is 10.3. The predicted octanol–water partition coefficient (Wildman–Crippen LogP) is -0.250. The first-order valence-corrected chi connectivity index (χ1v) is 5.07. The zero-order chi connectivity index (χ0) is 10.3. The van der Waals surface area contributed by atoms with Gasteiger partial charge in [0, 0.05) is 6.61 Å². The summed E-state index contributed by atoms with van der Waals surface area (Å²) in [6, 6.07) is 0. The molecule has 0 spiro atoms. The summed E-state index contributed by atoms with van der Waals surface area (Å²) in [5.41, 5.74) is 0. The van der Waals surface area contributed by atoms with Crippen LogP contribution in [0.25, 0.3) is 0 Å². The van der Waals surface area contributed by atoms with Crippen LogP contribution in [-0.2, 0) is 19.7 Å². The van der Waals surface area contributed by atoms with E-state index >= 15 is 0 Å². The average molecular weight is 212 g/mol. The molecular weight excluding hydrogens is 196 g/mol. The standard InChI is InChI=1S/C4H10O2.C3H6O3S/c1-4(6)2-3-5;1-3-2-5-7(4)6-3/h4-6H,2-3H2,1H3;3H,2H2,1H3. The topological polar surface area (TPSA) is 76.0 Å². The van der Waals surface area contributed by atoms with Crippen LogP contribution >= 0.6 is 0 Å². The third-order valence-corrected chi connectivity index (χ3v) is 2.00. The van der Waals surface area contributed by atoms with Crippen molar-refractivity contribution in [3.63, 3.8) is 0 Å². The normalized spacial score (nSPS) is 29.2. The molecule has 0 aromatic heterocycles. The zero-order valence-electron chi connectivity index (χ0n) is 7.80. The second-order valence-electron chi connectivity index (χ2n) is 2.76. The minimum Gasteiger partial charge on any atom is -0.396 e. The third kappa shape index (κ3) is 8.32. The Hall–Kier alpha value is -0.0100. The molecule has 0 bridgehead atoms. The largest absolute Gasteiger partial charge is 0.396 e. The minimum atomic E-state index is -1.45. The Morgan fingerprint density at radius 2 is 2.31 bits per heavy atom. The number of aliphatic hydroxyl groups excluding tert-OH is 2. The van der Waals surface area contributed by atoms with Gasteiger partial charge in [-0.25, -0.2) is 0 Å². The molecule has 2 N–H and O–H groups in total. The molecule has 1 heterocycles. The van der Waals surface area contributed by atoms with E-state index in [9.17, 15) is 4.21 Å². The van der Waals surface area contributed by atoms with Gasteiger partial charge in [-0.15, -0.1) is 0 Å². The summed E-state index contributed by atoms with van der Waals surface area (Å²) >= 11 is -1.45. The van der Waals surface area contributed by atoms with E-state index in [2.05, 4.69) is 8.37 Å². The maximum Gasteiger partial charge on any atom is 0.305 e. The maximum atomic E-state index is 10.1. The van der Waals surface area contributed by atoms with Gasteiger partial charge in [0.2, 0.25) is 0 Å². The highest BCUT2D eigenvalue weighted by Gasteiger charge is 2.17. The Morgan fingerprint density at radius 3 is 2.38 bits per heavy atom. The molecule has 0 radical (unpaired) electrons. The molecular formula is C7H16O5S. The van der Waals surface area contributed by atoms with E-state index in [1.807, 2.05) is 6.92 Å². The summed E-state index contributed by atoms with van der Waals surface area (Å²) < 4.78 is 19.2. The Bertz CT molecular complexity index is 150. The van der Waals surface area contributed by atoms with Crippen molar-refractivity contribution in [1.82, 2.24) is 0 Å². The fraction of sp³-hybridized carbons (Fsp3) is 1.00. The van der Waals surface area contributed by atoms with Gasteiger partial charge in [-0.2, -0.15) is 4.21 Å². The third-order valence-electron chi connectivity index (χ3n) is 1.19. The van der Waals surface area contributed by atoms with Gasteiger partial charge in [0.25, 0.3) is 0 Å². The number of hydrogen-bond donors (Lipinski definition) is 2. The fourth-order valence-corrected chi connectivity index (χ4v) is 1.21. The molecule has 3 unspecified atom stereocenters. The van der Waals surface area contributed by atoms with Crippen molar-refractivity contribution < 1.29 is 22.8 Å². The van der Waals surface area contributed by atoms with E-state index in [1.165, 1.54) is 0 Å². The molecule has 1 fully saturated rings. The van der Waals surface area contributed by atoms with Gasteiger partial charge in [-0.1, -0.05) is 0 Å². The SMILES string of the molecule is CC(O)CCO.CC1COS(=O)O1. The van der Waals surface area contributed by atoms with Crippen molar-refractivity contribution in [2.75, 3.05) is 13.2 Å². The van der Waals surface area contributed by atoms with Crippen molar-refractivity contribution >= 4 is 11.4 Å². The second kappa shape index (κ2) is 7.40. The summed E-state index contributed by atoms with van der Waals surface area (Å²) in [4.78, 5) is 0. The molecule has 0 aromatic rings. The molecule has 6 heteroatoms. The van der Waals surface area contributed by atoms with Gasteiger partial charge in [-0.3, -0.25) is 8.37 Å². The molecule has 1 rings (SSSR count). The molecule has 0 aromatic carbocycles. The van der Waals surface area contributed by atoms with Crippen molar-refractivity contribution in [3.8, 4) is 0 Å². The van der Waals surface area contributed by atoms with Crippen LogP contribution in [0.3, 0.4) is 0 Å². The van der Waals surface area contributed by atoms with Crippen molar-refractivity contribution in [1.29, 1.82) is 0 Å². The first kappa shape index (κ1) is 13.0. The number of hydrogen-bond acceptors (Lipinski definition) is 5. The quantitative estimate of drug-likeness (QED) is 0.660. The van der Waals surface area contributed by atoms with E-state index in [0.717, 1.165) is 0 Å². The van der Waals surface area contributed by atoms with Crippen molar-refractivity contribution in [2.45, 2.75) is 32.5 Å². The minimum absolute atomic E-state index is 0.000772. The molecule has 1 saturated heterocycles. The van der Waals surface area contributed by atoms with Crippen LogP contribution in [0.4, 0.5) is 0 Å². The van der Waals surface area contributed by atoms with Gasteiger partial charge < -0.3 is 10.2 Å². The summed E-state index contributed by atoms with van der Waals surface area (Å²) in [5, 5.41) is 16.5. The van der Waals surface area contributed by atoms with Crippen LogP contribution < -0.4 is 0 Å². The summed E-state index contributed by atoms with van der Waals surface area (Å²) in [7, 11) is 0. The second-order valence-corrected chi connectivity index (χ2v) is 3.59.